The van der Waals surface area contributed by atoms with Crippen LogP contribution >= 0.6 is 0 Å². The molecule has 1 aliphatic rings. The minimum Gasteiger partial charge on any atom is -0.484 e. The topological polar surface area (TPSA) is 58.6 Å². The van der Waals surface area contributed by atoms with Crippen LogP contribution in [-0.2, 0) is 16.0 Å². The molecule has 1 aliphatic heterocycles. The first-order chi connectivity index (χ1) is 15.9. The summed E-state index contributed by atoms with van der Waals surface area (Å²) in [5, 5.41) is 2.69. The molecule has 5 nitrogen and oxygen atoms in total. The summed E-state index contributed by atoms with van der Waals surface area (Å²) in [6, 6.07) is 19.4. The Morgan fingerprint density at radius 2 is 1.79 bits per heavy atom. The smallest absolute Gasteiger partial charge is 0.262 e. The van der Waals surface area contributed by atoms with Crippen LogP contribution in [0.25, 0.3) is 0 Å². The molecule has 2 amide bonds. The van der Waals surface area contributed by atoms with Gasteiger partial charge in [-0.25, -0.2) is 4.39 Å². The van der Waals surface area contributed by atoms with Crippen LogP contribution in [0.3, 0.4) is 0 Å². The molecule has 0 spiro atoms. The predicted octanol–water partition coefficient (Wildman–Crippen LogP) is 5.04. The van der Waals surface area contributed by atoms with Crippen LogP contribution in [0.5, 0.6) is 5.75 Å². The lowest BCUT2D eigenvalue weighted by Gasteiger charge is -2.38. The molecule has 6 heteroatoms. The van der Waals surface area contributed by atoms with Crippen molar-refractivity contribution >= 4 is 17.5 Å². The number of carbonyl (C=O) groups excluding carboxylic acids is 2. The van der Waals surface area contributed by atoms with Crippen LogP contribution in [0.2, 0.25) is 0 Å². The molecular formula is C27H27FN2O3. The molecule has 3 aromatic rings. The summed E-state index contributed by atoms with van der Waals surface area (Å²) < 4.78 is 18.8. The van der Waals surface area contributed by atoms with Crippen LogP contribution < -0.4 is 10.1 Å². The molecule has 0 aliphatic carbocycles. The van der Waals surface area contributed by atoms with Crippen molar-refractivity contribution in [3.63, 3.8) is 0 Å². The van der Waals surface area contributed by atoms with Gasteiger partial charge in [0.1, 0.15) is 11.6 Å². The first kappa shape index (κ1) is 22.5. The molecule has 1 heterocycles. The number of aryl methyl sites for hydroxylation is 1. The molecule has 1 atom stereocenters. The monoisotopic (exact) mass is 446 g/mol. The predicted molar refractivity (Wildman–Crippen MR) is 126 cm³/mol. The van der Waals surface area contributed by atoms with E-state index in [4.69, 9.17) is 4.74 Å². The van der Waals surface area contributed by atoms with Crippen LogP contribution in [0.1, 0.15) is 41.6 Å². The molecule has 0 fully saturated rings. The number of halogens is 1. The Morgan fingerprint density at radius 1 is 1.06 bits per heavy atom. The third-order valence-corrected chi connectivity index (χ3v) is 5.86. The Labute approximate surface area is 193 Å². The highest BCUT2D eigenvalue weighted by Crippen LogP contribution is 2.37. The number of anilines is 1. The van der Waals surface area contributed by atoms with Gasteiger partial charge in [0.2, 0.25) is 5.91 Å². The number of benzene rings is 3. The third-order valence-electron chi connectivity index (χ3n) is 5.86. The normalized spacial score (nSPS) is 15.0. The van der Waals surface area contributed by atoms with Crippen molar-refractivity contribution in [1.82, 2.24) is 4.90 Å². The fraction of sp³-hybridized carbons (Fsp3) is 0.259. The second kappa shape index (κ2) is 9.86. The Morgan fingerprint density at radius 3 is 2.48 bits per heavy atom. The van der Waals surface area contributed by atoms with Crippen molar-refractivity contribution < 1.29 is 18.7 Å². The average Bonchev–Trinajstić information content (AvgIpc) is 2.83. The highest BCUT2D eigenvalue weighted by atomic mass is 19.1. The summed E-state index contributed by atoms with van der Waals surface area (Å²) in [7, 11) is 0. The second-order valence-electron chi connectivity index (χ2n) is 8.21. The van der Waals surface area contributed by atoms with Gasteiger partial charge in [-0.2, -0.15) is 0 Å². The van der Waals surface area contributed by atoms with E-state index >= 15 is 0 Å². The van der Waals surface area contributed by atoms with Gasteiger partial charge in [0.25, 0.3) is 5.91 Å². The molecule has 3 aromatic carbocycles. The van der Waals surface area contributed by atoms with Gasteiger partial charge >= 0.3 is 0 Å². The number of nitrogens with zero attached hydrogens (tertiary/aromatic N) is 1. The maximum Gasteiger partial charge on any atom is 0.262 e. The number of rotatable bonds is 6. The highest BCUT2D eigenvalue weighted by Gasteiger charge is 2.31. The first-order valence-corrected chi connectivity index (χ1v) is 11.1. The van der Waals surface area contributed by atoms with Crippen LogP contribution in [-0.4, -0.2) is 29.9 Å². The fourth-order valence-corrected chi connectivity index (χ4v) is 4.14. The SMILES string of the molecule is CCC(=O)N1CCc2ccc(OCC(=O)Nc3ccc(F)cc3)cc2[C@@H]1c1ccc(C)cc1. The van der Waals surface area contributed by atoms with Gasteiger partial charge in [-0.1, -0.05) is 42.8 Å². The summed E-state index contributed by atoms with van der Waals surface area (Å²) in [5.74, 6) is -0.0311. The van der Waals surface area contributed by atoms with Gasteiger partial charge in [0, 0.05) is 18.7 Å². The largest absolute Gasteiger partial charge is 0.484 e. The molecule has 1 N–H and O–H groups in total. The van der Waals surface area contributed by atoms with E-state index in [0.717, 1.165) is 23.1 Å². The Kier molecular flexibility index (Phi) is 6.73. The summed E-state index contributed by atoms with van der Waals surface area (Å²) in [5.41, 5.74) is 4.90. The van der Waals surface area contributed by atoms with Crippen LogP contribution in [0.4, 0.5) is 10.1 Å². The van der Waals surface area contributed by atoms with Crippen molar-refractivity contribution in [3.05, 3.63) is 94.8 Å². The maximum absolute atomic E-state index is 13.0. The molecule has 0 bridgehead atoms. The zero-order valence-corrected chi connectivity index (χ0v) is 18.8. The third kappa shape index (κ3) is 5.22. The van der Waals surface area contributed by atoms with Gasteiger partial charge in [-0.15, -0.1) is 0 Å². The number of nitrogens with one attached hydrogen (secondary N) is 1. The molecule has 170 valence electrons. The number of ether oxygens (including phenoxy) is 1. The van der Waals surface area contributed by atoms with Crippen LogP contribution in [0, 0.1) is 12.7 Å². The Bertz CT molecular complexity index is 1140. The standard InChI is InChI=1S/C27H27FN2O3/c1-3-26(32)30-15-14-19-8-13-23(16-24(19)27(30)20-6-4-18(2)5-7-20)33-17-25(31)29-22-11-9-21(28)10-12-22/h4-13,16,27H,3,14-15,17H2,1-2H3,(H,29,31)/t27-/m0/s1. The molecule has 0 aromatic heterocycles. The van der Waals surface area contributed by atoms with Gasteiger partial charge < -0.3 is 15.0 Å². The minimum absolute atomic E-state index is 0.108. The van der Waals surface area contributed by atoms with E-state index in [1.54, 1.807) is 0 Å². The summed E-state index contributed by atoms with van der Waals surface area (Å²) >= 11 is 0. The van der Waals surface area contributed by atoms with E-state index in [-0.39, 0.29) is 30.3 Å². The molecule has 0 unspecified atom stereocenters. The van der Waals surface area contributed by atoms with Gasteiger partial charge in [-0.3, -0.25) is 9.59 Å². The second-order valence-corrected chi connectivity index (χ2v) is 8.21. The average molecular weight is 447 g/mol. The quantitative estimate of drug-likeness (QED) is 0.577. The molecule has 33 heavy (non-hydrogen) atoms. The van der Waals surface area contributed by atoms with Gasteiger partial charge in [-0.05, 0) is 66.4 Å². The summed E-state index contributed by atoms with van der Waals surface area (Å²) in [6.07, 6.45) is 1.21. The van der Waals surface area contributed by atoms with E-state index in [1.165, 1.54) is 29.8 Å². The Balaban J connectivity index is 1.55. The lowest BCUT2D eigenvalue weighted by Crippen LogP contribution is -2.40. The number of amides is 2. The lowest BCUT2D eigenvalue weighted by molar-refractivity contribution is -0.132. The van der Waals surface area contributed by atoms with E-state index in [9.17, 15) is 14.0 Å². The maximum atomic E-state index is 13.0. The van der Waals surface area contributed by atoms with Crippen molar-refractivity contribution in [2.24, 2.45) is 0 Å². The molecule has 0 saturated carbocycles. The van der Waals surface area contributed by atoms with E-state index in [1.807, 2.05) is 36.9 Å². The number of carbonyl (C=O) groups is 2. The fourth-order valence-electron chi connectivity index (χ4n) is 4.14. The molecule has 4 rings (SSSR count). The van der Waals surface area contributed by atoms with Gasteiger partial charge in [0.15, 0.2) is 6.61 Å². The lowest BCUT2D eigenvalue weighted by atomic mass is 9.87. The van der Waals surface area contributed by atoms with E-state index < -0.39 is 0 Å². The summed E-state index contributed by atoms with van der Waals surface area (Å²) in [6.45, 7) is 4.40. The van der Waals surface area contributed by atoms with E-state index in [2.05, 4.69) is 29.6 Å². The van der Waals surface area contributed by atoms with Crippen molar-refractivity contribution in [1.29, 1.82) is 0 Å². The summed E-state index contributed by atoms with van der Waals surface area (Å²) in [4.78, 5) is 26.9. The van der Waals surface area contributed by atoms with Crippen molar-refractivity contribution in [2.75, 3.05) is 18.5 Å². The van der Waals surface area contributed by atoms with Gasteiger partial charge in [0.05, 0.1) is 6.04 Å². The van der Waals surface area contributed by atoms with Crippen molar-refractivity contribution in [3.8, 4) is 5.75 Å². The highest BCUT2D eigenvalue weighted by molar-refractivity contribution is 5.91. The number of fused-ring (bicyclic) bond motifs is 1. The molecular weight excluding hydrogens is 419 g/mol. The molecule has 0 saturated heterocycles. The zero-order chi connectivity index (χ0) is 23.4. The molecule has 0 radical (unpaired) electrons. The van der Waals surface area contributed by atoms with E-state index in [0.29, 0.717) is 24.4 Å². The number of hydrogen-bond donors (Lipinski definition) is 1. The number of hydrogen-bond acceptors (Lipinski definition) is 3. The van der Waals surface area contributed by atoms with Crippen LogP contribution in [0.15, 0.2) is 66.7 Å². The Hall–Kier alpha value is -3.67. The van der Waals surface area contributed by atoms with Crippen molar-refractivity contribution in [2.45, 2.75) is 32.7 Å². The first-order valence-electron chi connectivity index (χ1n) is 11.1. The minimum atomic E-state index is -0.364. The zero-order valence-electron chi connectivity index (χ0n) is 18.8.